The Morgan fingerprint density at radius 3 is 2.41 bits per heavy atom. The van der Waals surface area contributed by atoms with Crippen LogP contribution in [0.3, 0.4) is 0 Å². The van der Waals surface area contributed by atoms with Crippen molar-refractivity contribution >= 4 is 11.9 Å². The summed E-state index contributed by atoms with van der Waals surface area (Å²) in [6.07, 6.45) is -0.0162. The zero-order chi connectivity index (χ0) is 12.7. The monoisotopic (exact) mass is 253 g/mol. The Bertz CT molecular complexity index is 290. The summed E-state index contributed by atoms with van der Waals surface area (Å²) < 4.78 is 4.63. The largest absolute Gasteiger partial charge is 1.00 e. The maximum Gasteiger partial charge on any atom is 1.00 e. The van der Waals surface area contributed by atoms with E-state index in [-0.39, 0.29) is 41.9 Å². The fraction of sp³-hybridized carbons (Fsp3) is 0.600. The van der Waals surface area contributed by atoms with Gasteiger partial charge in [-0.25, -0.2) is 4.79 Å². The zero-order valence-electron chi connectivity index (χ0n) is 10.5. The van der Waals surface area contributed by atoms with Gasteiger partial charge in [-0.1, -0.05) is 0 Å². The summed E-state index contributed by atoms with van der Waals surface area (Å²) in [7, 11) is 0. The van der Waals surface area contributed by atoms with Gasteiger partial charge >= 0.3 is 35.5 Å². The first-order valence-corrected chi connectivity index (χ1v) is 4.89. The molecular weight excluding hydrogens is 237 g/mol. The first-order valence-electron chi connectivity index (χ1n) is 4.89. The van der Waals surface area contributed by atoms with Crippen LogP contribution >= 0.6 is 0 Å². The third-order valence-electron chi connectivity index (χ3n) is 1.74. The van der Waals surface area contributed by atoms with Crippen LogP contribution in [0.5, 0.6) is 0 Å². The smallest absolute Gasteiger partial charge is 0.548 e. The molecular formula is C10H16NNaO5. The number of carbonyl (C=O) groups excluding carboxylic acids is 2. The van der Waals surface area contributed by atoms with Gasteiger partial charge in [0.2, 0.25) is 0 Å². The molecule has 2 N–H and O–H groups in total. The fourth-order valence-electron chi connectivity index (χ4n) is 1.02. The molecule has 6 nitrogen and oxygen atoms in total. The van der Waals surface area contributed by atoms with Gasteiger partial charge in [-0.15, -0.1) is 0 Å². The summed E-state index contributed by atoms with van der Waals surface area (Å²) in [6.45, 7) is 4.71. The molecule has 0 unspecified atom stereocenters. The van der Waals surface area contributed by atoms with Gasteiger partial charge in [0.05, 0.1) is 24.7 Å². The summed E-state index contributed by atoms with van der Waals surface area (Å²) >= 11 is 0. The van der Waals surface area contributed by atoms with Crippen molar-refractivity contribution in [2.75, 3.05) is 6.61 Å². The molecule has 17 heavy (non-hydrogen) atoms. The number of rotatable bonds is 6. The molecule has 2 atom stereocenters. The third-order valence-corrected chi connectivity index (χ3v) is 1.74. The summed E-state index contributed by atoms with van der Waals surface area (Å²) in [5.41, 5.74) is 0.286. The average Bonchev–Trinajstić information content (AvgIpc) is 2.13. The van der Waals surface area contributed by atoms with Crippen molar-refractivity contribution in [3.63, 3.8) is 0 Å². The van der Waals surface area contributed by atoms with Crippen LogP contribution in [0.4, 0.5) is 0 Å². The fourth-order valence-corrected chi connectivity index (χ4v) is 1.02. The van der Waals surface area contributed by atoms with Gasteiger partial charge in [0, 0.05) is 11.8 Å². The molecule has 0 bridgehead atoms. The van der Waals surface area contributed by atoms with Gasteiger partial charge in [-0.2, -0.15) is 0 Å². The number of carbonyl (C=O) groups is 2. The Morgan fingerprint density at radius 2 is 2.06 bits per heavy atom. The molecule has 7 heteroatoms. The molecule has 0 rings (SSSR count). The van der Waals surface area contributed by atoms with Crippen molar-refractivity contribution in [2.24, 2.45) is 0 Å². The van der Waals surface area contributed by atoms with E-state index in [0.717, 1.165) is 6.08 Å². The van der Waals surface area contributed by atoms with E-state index in [0.29, 0.717) is 0 Å². The molecule has 0 saturated heterocycles. The Labute approximate surface area is 122 Å². The Balaban J connectivity index is 0. The summed E-state index contributed by atoms with van der Waals surface area (Å²) in [5, 5.41) is 22.2. The quantitative estimate of drug-likeness (QED) is 0.281. The minimum Gasteiger partial charge on any atom is -0.548 e. The zero-order valence-corrected chi connectivity index (χ0v) is 12.5. The Morgan fingerprint density at radius 1 is 1.53 bits per heavy atom. The maximum absolute atomic E-state index is 11.0. The molecule has 0 heterocycles. The van der Waals surface area contributed by atoms with Crippen LogP contribution < -0.4 is 40.0 Å². The predicted molar refractivity (Wildman–Crippen MR) is 54.0 cm³/mol. The van der Waals surface area contributed by atoms with Crippen molar-refractivity contribution in [2.45, 2.75) is 32.9 Å². The number of nitrogens with one attached hydrogen (secondary N) is 1. The number of allylic oxidation sites excluding steroid dienone is 1. The number of hydrogen-bond acceptors (Lipinski definition) is 6. The van der Waals surface area contributed by atoms with Gasteiger partial charge in [0.15, 0.2) is 0 Å². The summed E-state index contributed by atoms with van der Waals surface area (Å²) in [6, 6.07) is -1.26. The van der Waals surface area contributed by atoms with Crippen molar-refractivity contribution in [3.8, 4) is 0 Å². The first kappa shape index (κ1) is 18.8. The van der Waals surface area contributed by atoms with Gasteiger partial charge in [0.25, 0.3) is 0 Å². The van der Waals surface area contributed by atoms with Crippen LogP contribution in [0, 0.1) is 0 Å². The maximum atomic E-state index is 11.0. The second kappa shape index (κ2) is 9.47. The van der Waals surface area contributed by atoms with E-state index in [1.54, 1.807) is 6.92 Å². The SMILES string of the molecule is CCOC(=O)C=C(C)N[C@H](C(=O)[O-])[C@@H](C)O.[Na+]. The molecule has 0 aromatic heterocycles. The number of aliphatic hydroxyl groups is 1. The average molecular weight is 253 g/mol. The van der Waals surface area contributed by atoms with Gasteiger partial charge in [-0.05, 0) is 20.8 Å². The van der Waals surface area contributed by atoms with Crippen molar-refractivity contribution < 1.29 is 54.1 Å². The standard InChI is InChI=1S/C10H17NO5.Na/c1-4-16-8(13)5-6(2)11-9(7(3)12)10(14)15;/h5,7,9,11-12H,4H2,1-3H3,(H,14,15);/q;+1/p-1/t7-,9+;/m1./s1. The Kier molecular flexibility index (Phi) is 10.5. The van der Waals surface area contributed by atoms with Gasteiger partial charge < -0.3 is 25.1 Å². The molecule has 0 aliphatic carbocycles. The van der Waals surface area contributed by atoms with Crippen LogP contribution in [0.2, 0.25) is 0 Å². The van der Waals surface area contributed by atoms with Crippen LogP contribution in [0.15, 0.2) is 11.8 Å². The number of carboxylic acids is 1. The van der Waals surface area contributed by atoms with Gasteiger partial charge in [-0.3, -0.25) is 0 Å². The topological polar surface area (TPSA) is 98.7 Å². The molecule has 0 aromatic carbocycles. The van der Waals surface area contributed by atoms with Crippen LogP contribution in [-0.4, -0.2) is 35.8 Å². The number of carboxylic acid groups (broad SMARTS) is 1. The number of esters is 1. The van der Waals surface area contributed by atoms with Crippen molar-refractivity contribution in [1.29, 1.82) is 0 Å². The number of aliphatic carboxylic acids is 1. The summed E-state index contributed by atoms with van der Waals surface area (Å²) in [4.78, 5) is 21.6. The molecule has 0 saturated carbocycles. The van der Waals surface area contributed by atoms with Crippen LogP contribution in [0.1, 0.15) is 20.8 Å². The van der Waals surface area contributed by atoms with Crippen molar-refractivity contribution in [3.05, 3.63) is 11.8 Å². The Hall–Kier alpha value is -0.560. The number of hydrogen-bond donors (Lipinski definition) is 2. The third kappa shape index (κ3) is 8.20. The first-order chi connectivity index (χ1) is 7.38. The molecule has 0 aliphatic rings. The normalized spacial score (nSPS) is 14.2. The van der Waals surface area contributed by atoms with E-state index in [4.69, 9.17) is 5.11 Å². The minimum atomic E-state index is -1.44. The van der Waals surface area contributed by atoms with E-state index >= 15 is 0 Å². The van der Waals surface area contributed by atoms with Crippen molar-refractivity contribution in [1.82, 2.24) is 5.32 Å². The van der Waals surface area contributed by atoms with E-state index in [2.05, 4.69) is 10.1 Å². The van der Waals surface area contributed by atoms with Crippen LogP contribution in [-0.2, 0) is 14.3 Å². The second-order valence-corrected chi connectivity index (χ2v) is 3.26. The van der Waals surface area contributed by atoms with Gasteiger partial charge in [0.1, 0.15) is 0 Å². The summed E-state index contributed by atoms with van der Waals surface area (Å²) in [5.74, 6) is -2.01. The predicted octanol–water partition coefficient (Wildman–Crippen LogP) is -4.45. The molecule has 0 fully saturated rings. The molecule has 0 aliphatic heterocycles. The minimum absolute atomic E-state index is 0. The molecule has 0 radical (unpaired) electrons. The second-order valence-electron chi connectivity index (χ2n) is 3.26. The molecule has 0 amide bonds. The van der Waals surface area contributed by atoms with Crippen LogP contribution in [0.25, 0.3) is 0 Å². The number of aliphatic hydroxyl groups excluding tert-OH is 1. The molecule has 0 aromatic rings. The van der Waals surface area contributed by atoms with E-state index in [1.165, 1.54) is 13.8 Å². The van der Waals surface area contributed by atoms with E-state index < -0.39 is 24.1 Å². The molecule has 92 valence electrons. The number of ether oxygens (including phenoxy) is 1. The van der Waals surface area contributed by atoms with E-state index in [1.807, 2.05) is 0 Å². The molecule has 0 spiro atoms. The van der Waals surface area contributed by atoms with E-state index in [9.17, 15) is 14.7 Å².